The van der Waals surface area contributed by atoms with Crippen LogP contribution in [0.4, 0.5) is 0 Å². The number of carbonyl (C=O) groups is 1. The Morgan fingerprint density at radius 3 is 2.63 bits per heavy atom. The van der Waals surface area contributed by atoms with Gasteiger partial charge in [0, 0.05) is 13.0 Å². The molecule has 0 saturated carbocycles. The van der Waals surface area contributed by atoms with Gasteiger partial charge in [-0.25, -0.2) is 0 Å². The van der Waals surface area contributed by atoms with E-state index in [0.29, 0.717) is 31.7 Å². The normalized spacial score (nSPS) is 11.2. The number of benzene rings is 1. The number of rotatable bonds is 7. The van der Waals surface area contributed by atoms with Gasteiger partial charge in [0.25, 0.3) is 0 Å². The Labute approximate surface area is 113 Å². The predicted octanol–water partition coefficient (Wildman–Crippen LogP) is 1.98. The lowest BCUT2D eigenvalue weighted by molar-refractivity contribution is -0.121. The highest BCUT2D eigenvalue weighted by Gasteiger charge is 2.01. The molecule has 0 aliphatic carbocycles. The van der Waals surface area contributed by atoms with Gasteiger partial charge < -0.3 is 15.3 Å². The van der Waals surface area contributed by atoms with Gasteiger partial charge in [-0.05, 0) is 31.5 Å². The van der Waals surface area contributed by atoms with Gasteiger partial charge in [0.1, 0.15) is 5.75 Å². The fourth-order valence-electron chi connectivity index (χ4n) is 1.58. The van der Waals surface area contributed by atoms with Crippen LogP contribution in [-0.2, 0) is 11.2 Å². The molecule has 1 aromatic carbocycles. The van der Waals surface area contributed by atoms with E-state index in [4.69, 9.17) is 9.94 Å². The molecule has 5 nitrogen and oxygen atoms in total. The number of nitrogens with one attached hydrogen (secondary N) is 1. The number of hydrogen-bond donors (Lipinski definition) is 2. The van der Waals surface area contributed by atoms with E-state index in [2.05, 4.69) is 10.5 Å². The Bertz CT molecular complexity index is 427. The average molecular weight is 264 g/mol. The molecule has 2 N–H and O–H groups in total. The standard InChI is InChI=1S/C14H20N2O3/c1-3-15-14(17)8-9-19-13-6-4-12(5-7-13)10-11(2)16-18/h4-7,18H,3,8-10H2,1-2H3,(H,15,17)/b16-11+. The highest BCUT2D eigenvalue weighted by Crippen LogP contribution is 2.13. The van der Waals surface area contributed by atoms with Crippen LogP contribution in [0.2, 0.25) is 0 Å². The Balaban J connectivity index is 2.38. The summed E-state index contributed by atoms with van der Waals surface area (Å²) >= 11 is 0. The van der Waals surface area contributed by atoms with E-state index in [-0.39, 0.29) is 5.91 Å². The average Bonchev–Trinajstić information content (AvgIpc) is 2.41. The maximum atomic E-state index is 11.2. The molecule has 0 fully saturated rings. The molecule has 0 aliphatic heterocycles. The van der Waals surface area contributed by atoms with Gasteiger partial charge in [-0.3, -0.25) is 4.79 Å². The maximum Gasteiger partial charge on any atom is 0.223 e. The molecule has 0 aliphatic rings. The SMILES string of the molecule is CCNC(=O)CCOc1ccc(C/C(C)=N/O)cc1. The van der Waals surface area contributed by atoms with Crippen LogP contribution >= 0.6 is 0 Å². The lowest BCUT2D eigenvalue weighted by atomic mass is 10.1. The Hall–Kier alpha value is -2.04. The number of hydrogen-bond acceptors (Lipinski definition) is 4. The minimum atomic E-state index is -0.00565. The van der Waals surface area contributed by atoms with E-state index in [1.165, 1.54) is 0 Å². The van der Waals surface area contributed by atoms with Crippen LogP contribution < -0.4 is 10.1 Å². The van der Waals surface area contributed by atoms with E-state index in [0.717, 1.165) is 11.3 Å². The summed E-state index contributed by atoms with van der Waals surface area (Å²) in [7, 11) is 0. The first-order chi connectivity index (χ1) is 9.15. The third-order valence-electron chi connectivity index (χ3n) is 2.53. The predicted molar refractivity (Wildman–Crippen MR) is 73.8 cm³/mol. The van der Waals surface area contributed by atoms with Crippen molar-refractivity contribution in [3.8, 4) is 5.75 Å². The van der Waals surface area contributed by atoms with Crippen LogP contribution in [0.15, 0.2) is 29.4 Å². The van der Waals surface area contributed by atoms with Crippen molar-refractivity contribution in [1.29, 1.82) is 0 Å². The zero-order valence-electron chi connectivity index (χ0n) is 11.3. The molecule has 1 rings (SSSR count). The van der Waals surface area contributed by atoms with Crippen molar-refractivity contribution >= 4 is 11.6 Å². The molecule has 0 bridgehead atoms. The number of ether oxygens (including phenoxy) is 1. The van der Waals surface area contributed by atoms with Gasteiger partial charge in [-0.15, -0.1) is 0 Å². The van der Waals surface area contributed by atoms with Gasteiger partial charge >= 0.3 is 0 Å². The zero-order chi connectivity index (χ0) is 14.1. The molecule has 0 radical (unpaired) electrons. The molecule has 1 amide bonds. The van der Waals surface area contributed by atoms with Crippen LogP contribution in [0.1, 0.15) is 25.8 Å². The number of amides is 1. The molecule has 0 atom stereocenters. The Kier molecular flexibility index (Phi) is 6.43. The molecule has 0 unspecified atom stereocenters. The first kappa shape index (κ1) is 15.0. The van der Waals surface area contributed by atoms with Crippen LogP contribution in [0, 0.1) is 0 Å². The van der Waals surface area contributed by atoms with E-state index in [1.54, 1.807) is 6.92 Å². The number of carbonyl (C=O) groups excluding carboxylic acids is 1. The molecular formula is C14H20N2O3. The summed E-state index contributed by atoms with van der Waals surface area (Å²) in [5, 5.41) is 14.4. The van der Waals surface area contributed by atoms with E-state index < -0.39 is 0 Å². The summed E-state index contributed by atoms with van der Waals surface area (Å²) in [5.74, 6) is 0.723. The monoisotopic (exact) mass is 264 g/mol. The summed E-state index contributed by atoms with van der Waals surface area (Å²) < 4.78 is 5.47. The maximum absolute atomic E-state index is 11.2. The first-order valence-electron chi connectivity index (χ1n) is 6.31. The third-order valence-corrected chi connectivity index (χ3v) is 2.53. The summed E-state index contributed by atoms with van der Waals surface area (Å²) in [4.78, 5) is 11.2. The topological polar surface area (TPSA) is 70.9 Å². The summed E-state index contributed by atoms with van der Waals surface area (Å²) in [5.41, 5.74) is 1.70. The summed E-state index contributed by atoms with van der Waals surface area (Å²) in [6.07, 6.45) is 0.960. The summed E-state index contributed by atoms with van der Waals surface area (Å²) in [6.45, 7) is 4.65. The summed E-state index contributed by atoms with van der Waals surface area (Å²) in [6, 6.07) is 7.52. The van der Waals surface area contributed by atoms with Crippen LogP contribution in [0.25, 0.3) is 0 Å². The molecule has 0 spiro atoms. The molecule has 0 aromatic heterocycles. The quantitative estimate of drug-likeness (QED) is 0.449. The van der Waals surface area contributed by atoms with Crippen molar-refractivity contribution < 1.29 is 14.7 Å². The highest BCUT2D eigenvalue weighted by molar-refractivity contribution is 5.83. The second kappa shape index (κ2) is 8.13. The molecule has 0 heterocycles. The first-order valence-corrected chi connectivity index (χ1v) is 6.31. The fraction of sp³-hybridized carbons (Fsp3) is 0.429. The largest absolute Gasteiger partial charge is 0.493 e. The van der Waals surface area contributed by atoms with Crippen molar-refractivity contribution in [1.82, 2.24) is 5.32 Å². The minimum Gasteiger partial charge on any atom is -0.493 e. The second-order valence-corrected chi connectivity index (χ2v) is 4.21. The van der Waals surface area contributed by atoms with Gasteiger partial charge in [-0.2, -0.15) is 0 Å². The number of nitrogens with zero attached hydrogens (tertiary/aromatic N) is 1. The van der Waals surface area contributed by atoms with Crippen molar-refractivity contribution in [2.45, 2.75) is 26.7 Å². The fourth-order valence-corrected chi connectivity index (χ4v) is 1.58. The van der Waals surface area contributed by atoms with Crippen molar-refractivity contribution in [2.75, 3.05) is 13.2 Å². The van der Waals surface area contributed by atoms with Crippen LogP contribution in [-0.4, -0.2) is 30.0 Å². The van der Waals surface area contributed by atoms with Crippen molar-refractivity contribution in [2.24, 2.45) is 5.16 Å². The van der Waals surface area contributed by atoms with Crippen molar-refractivity contribution in [3.63, 3.8) is 0 Å². The Morgan fingerprint density at radius 2 is 2.05 bits per heavy atom. The molecule has 0 saturated heterocycles. The lowest BCUT2D eigenvalue weighted by Crippen LogP contribution is -2.24. The third kappa shape index (κ3) is 5.90. The van der Waals surface area contributed by atoms with Gasteiger partial charge in [0.05, 0.1) is 18.7 Å². The van der Waals surface area contributed by atoms with E-state index in [9.17, 15) is 4.79 Å². The Morgan fingerprint density at radius 1 is 1.37 bits per heavy atom. The van der Waals surface area contributed by atoms with E-state index in [1.807, 2.05) is 31.2 Å². The smallest absolute Gasteiger partial charge is 0.223 e. The molecule has 1 aromatic rings. The zero-order valence-corrected chi connectivity index (χ0v) is 11.3. The van der Waals surface area contributed by atoms with Crippen LogP contribution in [0.3, 0.4) is 0 Å². The van der Waals surface area contributed by atoms with Crippen LogP contribution in [0.5, 0.6) is 5.75 Å². The molecular weight excluding hydrogens is 244 g/mol. The second-order valence-electron chi connectivity index (χ2n) is 4.21. The molecule has 104 valence electrons. The highest BCUT2D eigenvalue weighted by atomic mass is 16.5. The number of oxime groups is 1. The van der Waals surface area contributed by atoms with Gasteiger partial charge in [0.2, 0.25) is 5.91 Å². The van der Waals surface area contributed by atoms with Gasteiger partial charge in [-0.1, -0.05) is 17.3 Å². The van der Waals surface area contributed by atoms with Crippen molar-refractivity contribution in [3.05, 3.63) is 29.8 Å². The molecule has 19 heavy (non-hydrogen) atoms. The minimum absolute atomic E-state index is 0.00565. The lowest BCUT2D eigenvalue weighted by Gasteiger charge is -2.07. The molecule has 5 heteroatoms. The van der Waals surface area contributed by atoms with E-state index >= 15 is 0 Å². The van der Waals surface area contributed by atoms with Gasteiger partial charge in [0.15, 0.2) is 0 Å².